The van der Waals surface area contributed by atoms with Crippen LogP contribution < -0.4 is 0 Å². The zero-order chi connectivity index (χ0) is 24.9. The van der Waals surface area contributed by atoms with Gasteiger partial charge in [0, 0.05) is 39.2 Å². The number of aromatic nitrogens is 2. The average Bonchev–Trinajstić information content (AvgIpc) is 3.34. The molecule has 0 unspecified atom stereocenters. The molecule has 1 aliphatic rings. The van der Waals surface area contributed by atoms with Gasteiger partial charge in [-0.2, -0.15) is 0 Å². The summed E-state index contributed by atoms with van der Waals surface area (Å²) in [7, 11) is 4.73. The van der Waals surface area contributed by atoms with Gasteiger partial charge >= 0.3 is 0 Å². The van der Waals surface area contributed by atoms with Crippen molar-refractivity contribution in [2.24, 2.45) is 5.16 Å². The molecule has 4 rings (SSSR count). The molecule has 1 saturated heterocycles. The van der Waals surface area contributed by atoms with Gasteiger partial charge in [-0.1, -0.05) is 29.4 Å². The van der Waals surface area contributed by atoms with Crippen molar-refractivity contribution < 1.29 is 32.6 Å². The van der Waals surface area contributed by atoms with Gasteiger partial charge in [-0.15, -0.1) is 0 Å². The van der Waals surface area contributed by atoms with Crippen LogP contribution >= 0.6 is 0 Å². The monoisotopic (exact) mass is 487 g/mol. The molecule has 2 heterocycles. The fraction of sp³-hybridized carbons (Fsp3) is 0.360. The van der Waals surface area contributed by atoms with Crippen molar-refractivity contribution >= 4 is 6.21 Å². The molecular formula is C25H27F2N3O5. The van der Waals surface area contributed by atoms with E-state index in [1.165, 1.54) is 18.5 Å². The Morgan fingerprint density at radius 3 is 2.23 bits per heavy atom. The third-order valence-electron chi connectivity index (χ3n) is 5.84. The fourth-order valence-corrected chi connectivity index (χ4v) is 4.09. The summed E-state index contributed by atoms with van der Waals surface area (Å²) in [6.45, 7) is 1.87. The second-order valence-corrected chi connectivity index (χ2v) is 8.07. The van der Waals surface area contributed by atoms with Crippen molar-refractivity contribution in [3.05, 3.63) is 72.2 Å². The van der Waals surface area contributed by atoms with Crippen LogP contribution in [0.3, 0.4) is 0 Å². The van der Waals surface area contributed by atoms with Gasteiger partial charge in [0.25, 0.3) is 6.29 Å². The van der Waals surface area contributed by atoms with Crippen molar-refractivity contribution in [2.75, 3.05) is 21.3 Å². The largest absolute Gasteiger partial charge is 0.376 e. The number of methoxy groups -OCH3 is 3. The van der Waals surface area contributed by atoms with Crippen LogP contribution in [0.5, 0.6) is 0 Å². The maximum Gasteiger partial charge on any atom is 0.256 e. The van der Waals surface area contributed by atoms with Crippen LogP contribution in [0.2, 0.25) is 0 Å². The van der Waals surface area contributed by atoms with Crippen molar-refractivity contribution in [2.45, 2.75) is 37.6 Å². The minimum atomic E-state index is -0.765. The van der Waals surface area contributed by atoms with Gasteiger partial charge in [0.15, 0.2) is 6.10 Å². The maximum atomic E-state index is 13.5. The molecule has 1 aliphatic heterocycles. The van der Waals surface area contributed by atoms with Gasteiger partial charge in [-0.3, -0.25) is 0 Å². The summed E-state index contributed by atoms with van der Waals surface area (Å²) in [5.74, 6) is -1.30. The highest BCUT2D eigenvalue weighted by Crippen LogP contribution is 2.28. The molecule has 0 N–H and O–H groups in total. The lowest BCUT2D eigenvalue weighted by Crippen LogP contribution is -2.59. The molecule has 8 nitrogen and oxygen atoms in total. The van der Waals surface area contributed by atoms with Crippen LogP contribution in [-0.4, -0.2) is 67.8 Å². The number of ether oxygens (including phenoxy) is 4. The summed E-state index contributed by atoms with van der Waals surface area (Å²) in [6.07, 6.45) is 2.52. The lowest BCUT2D eigenvalue weighted by molar-refractivity contribution is -0.305. The zero-order valence-corrected chi connectivity index (χ0v) is 19.8. The van der Waals surface area contributed by atoms with Crippen LogP contribution in [0, 0.1) is 11.6 Å². The quantitative estimate of drug-likeness (QED) is 0.354. The summed E-state index contributed by atoms with van der Waals surface area (Å²) in [5.41, 5.74) is 2.62. The highest BCUT2D eigenvalue weighted by Gasteiger charge is 2.46. The number of rotatable bonds is 8. The van der Waals surface area contributed by atoms with Crippen molar-refractivity contribution in [3.8, 4) is 16.9 Å². The topological polar surface area (TPSA) is 76.3 Å². The second kappa shape index (κ2) is 11.0. The molecule has 3 aromatic rings. The number of oxime groups is 1. The van der Waals surface area contributed by atoms with Gasteiger partial charge < -0.3 is 28.4 Å². The van der Waals surface area contributed by atoms with E-state index in [-0.39, 0.29) is 18.3 Å². The smallest absolute Gasteiger partial charge is 0.256 e. The van der Waals surface area contributed by atoms with E-state index in [2.05, 4.69) is 10.1 Å². The standard InChI is InChI=1S/C25H27F2N3O5/c1-15-22(31-2)23(32-3)24(33-4)25(34-15)35-29-12-16-5-7-17(8-6-16)21-13-30(14-28-21)20-10-18(26)9-19(27)11-20/h5-15,22-25H,1-4H3/b29-12+/t15-,22-,23+,24+,25-/m0/s1. The number of benzene rings is 2. The lowest BCUT2D eigenvalue weighted by atomic mass is 9.99. The molecule has 2 aromatic carbocycles. The Labute approximate surface area is 202 Å². The van der Waals surface area contributed by atoms with E-state index in [9.17, 15) is 8.78 Å². The molecular weight excluding hydrogens is 460 g/mol. The van der Waals surface area contributed by atoms with Crippen molar-refractivity contribution in [1.82, 2.24) is 9.55 Å². The van der Waals surface area contributed by atoms with Gasteiger partial charge in [0.1, 0.15) is 23.8 Å². The first kappa shape index (κ1) is 24.9. The van der Waals surface area contributed by atoms with Gasteiger partial charge in [0.2, 0.25) is 0 Å². The van der Waals surface area contributed by atoms with E-state index in [1.54, 1.807) is 38.3 Å². The number of imidazole rings is 1. The van der Waals surface area contributed by atoms with Crippen molar-refractivity contribution in [3.63, 3.8) is 0 Å². The first-order valence-corrected chi connectivity index (χ1v) is 11.0. The Morgan fingerprint density at radius 2 is 1.60 bits per heavy atom. The molecule has 0 bridgehead atoms. The minimum Gasteiger partial charge on any atom is -0.376 e. The predicted octanol–water partition coefficient (Wildman–Crippen LogP) is 3.96. The molecule has 0 spiro atoms. The van der Waals surface area contributed by atoms with E-state index in [4.69, 9.17) is 23.8 Å². The van der Waals surface area contributed by atoms with Crippen LogP contribution in [0.25, 0.3) is 16.9 Å². The number of nitrogens with zero attached hydrogens (tertiary/aromatic N) is 3. The van der Waals surface area contributed by atoms with E-state index >= 15 is 0 Å². The SMILES string of the molecule is CO[C@@H]1[C@@H](OC)[C@H](C)O[C@@H](O/N=C/c2ccc(-c3cn(-c4cc(F)cc(F)c4)cn3)cc2)[C@@H]1OC. The predicted molar refractivity (Wildman–Crippen MR) is 124 cm³/mol. The Morgan fingerprint density at radius 1 is 0.943 bits per heavy atom. The maximum absolute atomic E-state index is 13.5. The Kier molecular flexibility index (Phi) is 7.86. The third-order valence-corrected chi connectivity index (χ3v) is 5.84. The molecule has 0 saturated carbocycles. The van der Waals surface area contributed by atoms with E-state index in [0.717, 1.165) is 17.2 Å². The number of hydrogen-bond donors (Lipinski definition) is 0. The molecule has 0 aliphatic carbocycles. The molecule has 0 amide bonds. The molecule has 10 heteroatoms. The first-order valence-electron chi connectivity index (χ1n) is 11.0. The van der Waals surface area contributed by atoms with E-state index in [1.807, 2.05) is 31.2 Å². The fourth-order valence-electron chi connectivity index (χ4n) is 4.09. The molecule has 5 atom stereocenters. The van der Waals surface area contributed by atoms with E-state index < -0.39 is 24.0 Å². The number of hydrogen-bond acceptors (Lipinski definition) is 7. The second-order valence-electron chi connectivity index (χ2n) is 8.07. The van der Waals surface area contributed by atoms with E-state index in [0.29, 0.717) is 11.4 Å². The summed E-state index contributed by atoms with van der Waals surface area (Å²) in [4.78, 5) is 9.92. The number of halogens is 2. The Bertz CT molecular complexity index is 1130. The minimum absolute atomic E-state index is 0.278. The highest BCUT2D eigenvalue weighted by atomic mass is 19.1. The van der Waals surface area contributed by atoms with Gasteiger partial charge in [-0.25, -0.2) is 13.8 Å². The molecule has 35 heavy (non-hydrogen) atoms. The third kappa shape index (κ3) is 5.57. The van der Waals surface area contributed by atoms with Gasteiger partial charge in [-0.05, 0) is 24.6 Å². The summed E-state index contributed by atoms with van der Waals surface area (Å²) in [5, 5.41) is 4.06. The van der Waals surface area contributed by atoms with Crippen LogP contribution in [0.15, 0.2) is 60.1 Å². The first-order chi connectivity index (χ1) is 16.9. The Balaban J connectivity index is 1.41. The lowest BCUT2D eigenvalue weighted by Gasteiger charge is -2.42. The highest BCUT2D eigenvalue weighted by molar-refractivity contribution is 5.80. The Hall–Kier alpha value is -3.18. The van der Waals surface area contributed by atoms with Crippen LogP contribution in [0.4, 0.5) is 8.78 Å². The van der Waals surface area contributed by atoms with Crippen molar-refractivity contribution in [1.29, 1.82) is 0 Å². The normalized spacial score (nSPS) is 24.7. The van der Waals surface area contributed by atoms with Gasteiger partial charge in [0.05, 0.1) is 30.0 Å². The van der Waals surface area contributed by atoms with Crippen LogP contribution in [0.1, 0.15) is 12.5 Å². The molecule has 0 radical (unpaired) electrons. The average molecular weight is 488 g/mol. The summed E-state index contributed by atoms with van der Waals surface area (Å²) >= 11 is 0. The molecule has 1 aromatic heterocycles. The summed E-state index contributed by atoms with van der Waals surface area (Å²) in [6, 6.07) is 10.7. The van der Waals surface area contributed by atoms with Crippen LogP contribution in [-0.2, 0) is 23.8 Å². The summed E-state index contributed by atoms with van der Waals surface area (Å²) < 4.78 is 51.0. The molecule has 186 valence electrons. The zero-order valence-electron chi connectivity index (χ0n) is 19.8. The molecule has 1 fully saturated rings.